The monoisotopic (exact) mass is 213 g/mol. The number of rotatable bonds is 3. The maximum atomic E-state index is 11.4. The predicted octanol–water partition coefficient (Wildman–Crippen LogP) is 2.01. The first-order valence-corrected chi connectivity index (χ1v) is 4.67. The summed E-state index contributed by atoms with van der Waals surface area (Å²) in [6, 6.07) is 3.38. The van der Waals surface area contributed by atoms with E-state index in [1.807, 2.05) is 0 Å². The van der Waals surface area contributed by atoms with Crippen molar-refractivity contribution >= 4 is 23.1 Å². The van der Waals surface area contributed by atoms with Crippen molar-refractivity contribution in [3.63, 3.8) is 0 Å². The van der Waals surface area contributed by atoms with Gasteiger partial charge in [-0.25, -0.2) is 0 Å². The number of alkyl halides is 1. The Hall–Kier alpha value is -1.22. The van der Waals surface area contributed by atoms with Gasteiger partial charge in [-0.3, -0.25) is 4.79 Å². The Morgan fingerprint density at radius 3 is 2.64 bits per heavy atom. The molecule has 0 aliphatic heterocycles. The number of anilines is 1. The average molecular weight is 214 g/mol. The quantitative estimate of drug-likeness (QED) is 0.475. The van der Waals surface area contributed by atoms with Crippen LogP contribution >= 0.6 is 11.6 Å². The van der Waals surface area contributed by atoms with E-state index >= 15 is 0 Å². The molecule has 0 unspecified atom stereocenters. The standard InChI is InChI=1S/C10H12ClNO2/c1-6-3-7(14-2)4-8(12)10(6)9(13)5-11/h3-4H,5,12H2,1-2H3. The molecule has 0 aliphatic rings. The van der Waals surface area contributed by atoms with Crippen LogP contribution < -0.4 is 10.5 Å². The van der Waals surface area contributed by atoms with Gasteiger partial charge in [0.15, 0.2) is 5.78 Å². The van der Waals surface area contributed by atoms with Crippen LogP contribution in [0.4, 0.5) is 5.69 Å². The number of carbonyl (C=O) groups excluding carboxylic acids is 1. The number of halogens is 1. The number of benzene rings is 1. The highest BCUT2D eigenvalue weighted by molar-refractivity contribution is 6.31. The number of methoxy groups -OCH3 is 1. The lowest BCUT2D eigenvalue weighted by molar-refractivity contribution is 0.102. The topological polar surface area (TPSA) is 52.3 Å². The van der Waals surface area contributed by atoms with Gasteiger partial charge in [-0.15, -0.1) is 11.6 Å². The second-order valence-electron chi connectivity index (χ2n) is 2.97. The lowest BCUT2D eigenvalue weighted by Crippen LogP contribution is -2.07. The molecule has 4 heteroatoms. The van der Waals surface area contributed by atoms with E-state index in [-0.39, 0.29) is 11.7 Å². The van der Waals surface area contributed by atoms with Crippen LogP contribution in [0.3, 0.4) is 0 Å². The van der Waals surface area contributed by atoms with Crippen LogP contribution in [0.5, 0.6) is 5.75 Å². The van der Waals surface area contributed by atoms with Gasteiger partial charge in [0, 0.05) is 17.3 Å². The molecule has 1 aromatic carbocycles. The van der Waals surface area contributed by atoms with Gasteiger partial charge >= 0.3 is 0 Å². The molecule has 0 heterocycles. The Morgan fingerprint density at radius 2 is 2.21 bits per heavy atom. The van der Waals surface area contributed by atoms with Gasteiger partial charge in [0.05, 0.1) is 13.0 Å². The Kier molecular flexibility index (Phi) is 3.36. The summed E-state index contributed by atoms with van der Waals surface area (Å²) in [6.45, 7) is 1.80. The van der Waals surface area contributed by atoms with Crippen molar-refractivity contribution in [2.24, 2.45) is 0 Å². The summed E-state index contributed by atoms with van der Waals surface area (Å²) in [5, 5.41) is 0. The molecule has 0 bridgehead atoms. The van der Waals surface area contributed by atoms with Gasteiger partial charge in [0.2, 0.25) is 0 Å². The molecule has 0 fully saturated rings. The van der Waals surface area contributed by atoms with Crippen molar-refractivity contribution in [1.82, 2.24) is 0 Å². The third-order valence-corrected chi connectivity index (χ3v) is 2.22. The molecule has 0 aliphatic carbocycles. The Morgan fingerprint density at radius 1 is 1.57 bits per heavy atom. The van der Waals surface area contributed by atoms with E-state index in [9.17, 15) is 4.79 Å². The van der Waals surface area contributed by atoms with Crippen molar-refractivity contribution in [1.29, 1.82) is 0 Å². The number of ether oxygens (including phenoxy) is 1. The minimum absolute atomic E-state index is 0.0582. The second kappa shape index (κ2) is 4.33. The summed E-state index contributed by atoms with van der Waals surface area (Å²) in [6.07, 6.45) is 0. The van der Waals surface area contributed by atoms with Crippen LogP contribution in [0.2, 0.25) is 0 Å². The molecule has 1 rings (SSSR count). The Labute approximate surface area is 87.8 Å². The fraction of sp³-hybridized carbons (Fsp3) is 0.300. The molecule has 3 nitrogen and oxygen atoms in total. The van der Waals surface area contributed by atoms with Crippen molar-refractivity contribution in [3.8, 4) is 5.75 Å². The summed E-state index contributed by atoms with van der Waals surface area (Å²) in [5.74, 6) is 0.424. The van der Waals surface area contributed by atoms with Crippen molar-refractivity contribution in [2.75, 3.05) is 18.7 Å². The molecule has 1 aromatic rings. The molecule has 0 amide bonds. The van der Waals surface area contributed by atoms with E-state index in [4.69, 9.17) is 22.1 Å². The summed E-state index contributed by atoms with van der Waals surface area (Å²) >= 11 is 5.47. The first-order chi connectivity index (χ1) is 6.60. The fourth-order valence-electron chi connectivity index (χ4n) is 1.35. The zero-order valence-electron chi connectivity index (χ0n) is 8.13. The van der Waals surface area contributed by atoms with E-state index in [0.29, 0.717) is 17.0 Å². The van der Waals surface area contributed by atoms with Gasteiger partial charge in [-0.05, 0) is 18.6 Å². The van der Waals surface area contributed by atoms with Gasteiger partial charge in [0.25, 0.3) is 0 Å². The van der Waals surface area contributed by atoms with Gasteiger partial charge in [-0.2, -0.15) is 0 Å². The van der Waals surface area contributed by atoms with E-state index in [2.05, 4.69) is 0 Å². The lowest BCUT2D eigenvalue weighted by atomic mass is 10.0. The molecule has 0 radical (unpaired) electrons. The number of hydrogen-bond donors (Lipinski definition) is 1. The van der Waals surface area contributed by atoms with E-state index in [1.54, 1.807) is 26.2 Å². The molecule has 76 valence electrons. The fourth-order valence-corrected chi connectivity index (χ4v) is 1.48. The number of aryl methyl sites for hydroxylation is 1. The van der Waals surface area contributed by atoms with Crippen molar-refractivity contribution in [2.45, 2.75) is 6.92 Å². The molecule has 2 N–H and O–H groups in total. The number of carbonyl (C=O) groups is 1. The maximum Gasteiger partial charge on any atom is 0.179 e. The highest BCUT2D eigenvalue weighted by Gasteiger charge is 2.12. The van der Waals surface area contributed by atoms with E-state index < -0.39 is 0 Å². The number of ketones is 1. The van der Waals surface area contributed by atoms with Crippen LogP contribution in [-0.2, 0) is 0 Å². The van der Waals surface area contributed by atoms with Gasteiger partial charge in [0.1, 0.15) is 5.75 Å². The number of nitrogen functional groups attached to an aromatic ring is 1. The molecular weight excluding hydrogens is 202 g/mol. The average Bonchev–Trinajstić information content (AvgIpc) is 2.16. The maximum absolute atomic E-state index is 11.4. The summed E-state index contributed by atoms with van der Waals surface area (Å²) in [5.41, 5.74) is 7.40. The highest BCUT2D eigenvalue weighted by atomic mass is 35.5. The molecule has 0 atom stereocenters. The normalized spacial score (nSPS) is 9.93. The number of hydrogen-bond acceptors (Lipinski definition) is 3. The largest absolute Gasteiger partial charge is 0.497 e. The van der Waals surface area contributed by atoms with Gasteiger partial charge < -0.3 is 10.5 Å². The molecule has 0 aromatic heterocycles. The van der Waals surface area contributed by atoms with Crippen LogP contribution in [-0.4, -0.2) is 18.8 Å². The molecule has 0 saturated carbocycles. The lowest BCUT2D eigenvalue weighted by Gasteiger charge is -2.09. The first kappa shape index (κ1) is 10.9. The SMILES string of the molecule is COc1cc(C)c(C(=O)CCl)c(N)c1. The molecule has 0 spiro atoms. The zero-order chi connectivity index (χ0) is 10.7. The Balaban J connectivity index is 3.25. The minimum Gasteiger partial charge on any atom is -0.497 e. The van der Waals surface area contributed by atoms with E-state index in [0.717, 1.165) is 5.56 Å². The minimum atomic E-state index is -0.163. The second-order valence-corrected chi connectivity index (χ2v) is 3.23. The molecule has 14 heavy (non-hydrogen) atoms. The van der Waals surface area contributed by atoms with Crippen molar-refractivity contribution in [3.05, 3.63) is 23.3 Å². The van der Waals surface area contributed by atoms with Crippen LogP contribution in [0.15, 0.2) is 12.1 Å². The highest BCUT2D eigenvalue weighted by Crippen LogP contribution is 2.24. The van der Waals surface area contributed by atoms with Crippen LogP contribution in [0.25, 0.3) is 0 Å². The number of Topliss-reactive ketones (excluding diaryl/α,β-unsaturated/α-hetero) is 1. The zero-order valence-corrected chi connectivity index (χ0v) is 8.89. The molecular formula is C10H12ClNO2. The first-order valence-electron chi connectivity index (χ1n) is 4.13. The van der Waals surface area contributed by atoms with Crippen LogP contribution in [0, 0.1) is 6.92 Å². The predicted molar refractivity (Wildman–Crippen MR) is 57.2 cm³/mol. The molecule has 0 saturated heterocycles. The number of nitrogens with two attached hydrogens (primary N) is 1. The smallest absolute Gasteiger partial charge is 0.179 e. The van der Waals surface area contributed by atoms with Crippen molar-refractivity contribution < 1.29 is 9.53 Å². The summed E-state index contributed by atoms with van der Waals surface area (Å²) in [4.78, 5) is 11.4. The third-order valence-electron chi connectivity index (χ3n) is 1.98. The summed E-state index contributed by atoms with van der Waals surface area (Å²) < 4.78 is 5.02. The van der Waals surface area contributed by atoms with Crippen LogP contribution in [0.1, 0.15) is 15.9 Å². The summed E-state index contributed by atoms with van der Waals surface area (Å²) in [7, 11) is 1.55. The third kappa shape index (κ3) is 1.99. The van der Waals surface area contributed by atoms with E-state index in [1.165, 1.54) is 0 Å². The Bertz CT molecular complexity index is 340. The van der Waals surface area contributed by atoms with Gasteiger partial charge in [-0.1, -0.05) is 0 Å².